The number of phenols is 1. The minimum Gasteiger partial charge on any atom is -0.508 e. The number of rotatable bonds is 3. The van der Waals surface area contributed by atoms with Crippen LogP contribution >= 0.6 is 0 Å². The molecular formula is C16H15N3O4. The van der Waals surface area contributed by atoms with Gasteiger partial charge < -0.3 is 21.1 Å². The molecule has 2 aromatic rings. The van der Waals surface area contributed by atoms with E-state index in [2.05, 4.69) is 5.32 Å². The van der Waals surface area contributed by atoms with Crippen molar-refractivity contribution < 1.29 is 19.5 Å². The summed E-state index contributed by atoms with van der Waals surface area (Å²) in [5.41, 5.74) is 5.93. The Bertz CT molecular complexity index is 756. The van der Waals surface area contributed by atoms with Gasteiger partial charge in [0.1, 0.15) is 5.75 Å². The van der Waals surface area contributed by atoms with Crippen LogP contribution in [-0.2, 0) is 9.59 Å². The Balaban J connectivity index is 2.16. The lowest BCUT2D eigenvalue weighted by molar-refractivity contribution is -0.134. The van der Waals surface area contributed by atoms with E-state index in [4.69, 9.17) is 5.73 Å². The van der Waals surface area contributed by atoms with Crippen molar-refractivity contribution in [1.29, 1.82) is 0 Å². The molecule has 0 fully saturated rings. The molecule has 0 bridgehead atoms. The Labute approximate surface area is 132 Å². The van der Waals surface area contributed by atoms with E-state index >= 15 is 0 Å². The van der Waals surface area contributed by atoms with Crippen LogP contribution in [0.25, 0.3) is 0 Å². The molecule has 0 atom stereocenters. The molecular weight excluding hydrogens is 298 g/mol. The zero-order chi connectivity index (χ0) is 17.0. The van der Waals surface area contributed by atoms with Crippen molar-refractivity contribution in [3.8, 4) is 5.75 Å². The summed E-state index contributed by atoms with van der Waals surface area (Å²) in [5.74, 6) is -2.39. The third kappa shape index (κ3) is 3.65. The highest BCUT2D eigenvalue weighted by Gasteiger charge is 2.21. The number of hydrogen-bond donors (Lipinski definition) is 3. The van der Waals surface area contributed by atoms with E-state index in [1.54, 1.807) is 12.1 Å². The van der Waals surface area contributed by atoms with E-state index < -0.39 is 17.7 Å². The summed E-state index contributed by atoms with van der Waals surface area (Å²) in [5, 5.41) is 11.6. The van der Waals surface area contributed by atoms with Gasteiger partial charge in [0.2, 0.25) is 0 Å². The number of anilines is 2. The first-order valence-corrected chi connectivity index (χ1v) is 6.67. The minimum atomic E-state index is -0.908. The highest BCUT2D eigenvalue weighted by molar-refractivity contribution is 6.44. The molecule has 3 amide bonds. The average Bonchev–Trinajstić information content (AvgIpc) is 2.54. The molecule has 7 nitrogen and oxygen atoms in total. The fourth-order valence-corrected chi connectivity index (χ4v) is 1.93. The van der Waals surface area contributed by atoms with Crippen LogP contribution in [0.5, 0.6) is 5.75 Å². The zero-order valence-electron chi connectivity index (χ0n) is 12.3. The number of carbonyl (C=O) groups excluding carboxylic acids is 3. The number of nitrogens with zero attached hydrogens (tertiary/aromatic N) is 1. The maximum Gasteiger partial charge on any atom is 0.316 e. The third-order valence-electron chi connectivity index (χ3n) is 3.18. The van der Waals surface area contributed by atoms with Crippen LogP contribution in [0, 0.1) is 0 Å². The van der Waals surface area contributed by atoms with Crippen LogP contribution in [0.3, 0.4) is 0 Å². The van der Waals surface area contributed by atoms with Crippen molar-refractivity contribution in [1.82, 2.24) is 0 Å². The van der Waals surface area contributed by atoms with Gasteiger partial charge in [0.15, 0.2) is 0 Å². The number of benzene rings is 2. The smallest absolute Gasteiger partial charge is 0.316 e. The summed E-state index contributed by atoms with van der Waals surface area (Å²) in [6.07, 6.45) is 0. The highest BCUT2D eigenvalue weighted by Crippen LogP contribution is 2.18. The number of likely N-dealkylation sites (N-methyl/N-ethyl adjacent to an activating group) is 1. The van der Waals surface area contributed by atoms with Gasteiger partial charge >= 0.3 is 11.8 Å². The first kappa shape index (κ1) is 16.0. The van der Waals surface area contributed by atoms with Crippen LogP contribution < -0.4 is 16.0 Å². The molecule has 0 aliphatic carbocycles. The van der Waals surface area contributed by atoms with E-state index in [0.717, 1.165) is 4.90 Å². The molecule has 0 aromatic heterocycles. The molecule has 0 radical (unpaired) electrons. The molecule has 0 saturated heterocycles. The van der Waals surface area contributed by atoms with Gasteiger partial charge in [-0.1, -0.05) is 12.1 Å². The average molecular weight is 313 g/mol. The standard InChI is InChI=1S/C16H15N3O4/c1-19(10-6-8-11(20)9-7-10)16(23)15(22)18-13-5-3-2-4-12(13)14(17)21/h2-9,20H,1H3,(H2,17,21)(H,18,22). The molecule has 0 unspecified atom stereocenters. The summed E-state index contributed by atoms with van der Waals surface area (Å²) in [4.78, 5) is 36.7. The molecule has 118 valence electrons. The Morgan fingerprint density at radius 3 is 2.26 bits per heavy atom. The summed E-state index contributed by atoms with van der Waals surface area (Å²) in [7, 11) is 1.42. The summed E-state index contributed by atoms with van der Waals surface area (Å²) in [6, 6.07) is 11.9. The van der Waals surface area contributed by atoms with E-state index in [1.165, 1.54) is 43.4 Å². The van der Waals surface area contributed by atoms with Crippen LogP contribution in [0.4, 0.5) is 11.4 Å². The number of amides is 3. The lowest BCUT2D eigenvalue weighted by Gasteiger charge is -2.17. The lowest BCUT2D eigenvalue weighted by Crippen LogP contribution is -2.37. The summed E-state index contributed by atoms with van der Waals surface area (Å²) in [6.45, 7) is 0. The Morgan fingerprint density at radius 2 is 1.65 bits per heavy atom. The van der Waals surface area contributed by atoms with Gasteiger partial charge in [-0.3, -0.25) is 14.4 Å². The Hall–Kier alpha value is -3.35. The second-order valence-corrected chi connectivity index (χ2v) is 4.74. The molecule has 23 heavy (non-hydrogen) atoms. The number of primary amides is 1. The fourth-order valence-electron chi connectivity index (χ4n) is 1.93. The van der Waals surface area contributed by atoms with Crippen molar-refractivity contribution in [3.63, 3.8) is 0 Å². The Kier molecular flexibility index (Phi) is 4.61. The predicted molar refractivity (Wildman–Crippen MR) is 85.1 cm³/mol. The first-order valence-electron chi connectivity index (χ1n) is 6.67. The quantitative estimate of drug-likeness (QED) is 0.736. The van der Waals surface area contributed by atoms with Gasteiger partial charge in [-0.2, -0.15) is 0 Å². The number of para-hydroxylation sites is 1. The van der Waals surface area contributed by atoms with Crippen molar-refractivity contribution in [2.75, 3.05) is 17.3 Å². The van der Waals surface area contributed by atoms with Gasteiger partial charge in [0.25, 0.3) is 5.91 Å². The molecule has 0 saturated carbocycles. The maximum absolute atomic E-state index is 12.1. The van der Waals surface area contributed by atoms with Crippen LogP contribution in [0.15, 0.2) is 48.5 Å². The molecule has 0 heterocycles. The first-order chi connectivity index (χ1) is 10.9. The van der Waals surface area contributed by atoms with Crippen molar-refractivity contribution in [2.45, 2.75) is 0 Å². The highest BCUT2D eigenvalue weighted by atomic mass is 16.3. The lowest BCUT2D eigenvalue weighted by atomic mass is 10.1. The number of hydrogen-bond acceptors (Lipinski definition) is 4. The molecule has 0 aliphatic heterocycles. The maximum atomic E-state index is 12.1. The Morgan fingerprint density at radius 1 is 1.04 bits per heavy atom. The molecule has 0 spiro atoms. The van der Waals surface area contributed by atoms with E-state index in [-0.39, 0.29) is 17.0 Å². The van der Waals surface area contributed by atoms with Crippen LogP contribution in [-0.4, -0.2) is 29.9 Å². The fraction of sp³-hybridized carbons (Fsp3) is 0.0625. The second-order valence-electron chi connectivity index (χ2n) is 4.74. The third-order valence-corrected chi connectivity index (χ3v) is 3.18. The summed E-state index contributed by atoms with van der Waals surface area (Å²) >= 11 is 0. The number of nitrogens with one attached hydrogen (secondary N) is 1. The molecule has 2 rings (SSSR count). The molecule has 0 aliphatic rings. The van der Waals surface area contributed by atoms with Gasteiger partial charge in [0.05, 0.1) is 11.3 Å². The van der Waals surface area contributed by atoms with Crippen molar-refractivity contribution in [3.05, 3.63) is 54.1 Å². The van der Waals surface area contributed by atoms with Gasteiger partial charge in [-0.25, -0.2) is 0 Å². The number of aromatic hydroxyl groups is 1. The minimum absolute atomic E-state index is 0.0504. The SMILES string of the molecule is CN(C(=O)C(=O)Nc1ccccc1C(N)=O)c1ccc(O)cc1. The molecule has 7 heteroatoms. The van der Waals surface area contributed by atoms with Gasteiger partial charge in [0, 0.05) is 12.7 Å². The van der Waals surface area contributed by atoms with E-state index in [0.29, 0.717) is 5.69 Å². The topological polar surface area (TPSA) is 113 Å². The number of nitrogens with two attached hydrogens (primary N) is 1. The summed E-state index contributed by atoms with van der Waals surface area (Å²) < 4.78 is 0. The van der Waals surface area contributed by atoms with Crippen LogP contribution in [0.2, 0.25) is 0 Å². The predicted octanol–water partition coefficient (Wildman–Crippen LogP) is 1.09. The van der Waals surface area contributed by atoms with Gasteiger partial charge in [-0.05, 0) is 36.4 Å². The largest absolute Gasteiger partial charge is 0.508 e. The molecule has 2 aromatic carbocycles. The van der Waals surface area contributed by atoms with Crippen molar-refractivity contribution >= 4 is 29.1 Å². The van der Waals surface area contributed by atoms with Gasteiger partial charge in [-0.15, -0.1) is 0 Å². The normalized spacial score (nSPS) is 9.96. The number of phenolic OH excluding ortho intramolecular Hbond substituents is 1. The second kappa shape index (κ2) is 6.61. The number of carbonyl (C=O) groups is 3. The van der Waals surface area contributed by atoms with Crippen LogP contribution in [0.1, 0.15) is 10.4 Å². The van der Waals surface area contributed by atoms with Crippen molar-refractivity contribution in [2.24, 2.45) is 5.73 Å². The zero-order valence-corrected chi connectivity index (χ0v) is 12.3. The van der Waals surface area contributed by atoms with E-state index in [1.807, 2.05) is 0 Å². The van der Waals surface area contributed by atoms with E-state index in [9.17, 15) is 19.5 Å². The monoisotopic (exact) mass is 313 g/mol. The molecule has 4 N–H and O–H groups in total.